The Morgan fingerprint density at radius 1 is 1.48 bits per heavy atom. The molecule has 128 valence electrons. The van der Waals surface area contributed by atoms with Gasteiger partial charge in [-0.1, -0.05) is 31.5 Å². The van der Waals surface area contributed by atoms with Crippen LogP contribution < -0.4 is 10.1 Å². The maximum atomic E-state index is 12.9. The average Bonchev–Trinajstić information content (AvgIpc) is 2.61. The van der Waals surface area contributed by atoms with Crippen LogP contribution in [0.15, 0.2) is 24.3 Å². The van der Waals surface area contributed by atoms with Gasteiger partial charge < -0.3 is 15.0 Å². The number of hydrogen-bond acceptors (Lipinski definition) is 4. The number of para-hydroxylation sites is 1. The van der Waals surface area contributed by atoms with Crippen LogP contribution in [0, 0.1) is 0 Å². The molecule has 2 atom stereocenters. The van der Waals surface area contributed by atoms with Crippen molar-refractivity contribution in [1.82, 2.24) is 10.2 Å². The van der Waals surface area contributed by atoms with E-state index in [4.69, 9.17) is 4.74 Å². The maximum Gasteiger partial charge on any atom is 0.236 e. The standard InChI is InChI=1S/C18H28N2O2S/c1-4-5-12-23-14(2)18(21)20-11-10-19-13-16(20)15-8-6-7-9-17(15)22-3/h6-9,14,16,19H,4-5,10-13H2,1-3H3. The average molecular weight is 337 g/mol. The number of nitrogens with one attached hydrogen (secondary N) is 1. The topological polar surface area (TPSA) is 41.6 Å². The minimum Gasteiger partial charge on any atom is -0.496 e. The Morgan fingerprint density at radius 3 is 3.00 bits per heavy atom. The lowest BCUT2D eigenvalue weighted by Gasteiger charge is -2.38. The summed E-state index contributed by atoms with van der Waals surface area (Å²) in [5, 5.41) is 3.42. The molecule has 4 nitrogen and oxygen atoms in total. The van der Waals surface area contributed by atoms with Crippen LogP contribution in [0.3, 0.4) is 0 Å². The molecular formula is C18H28N2O2S. The summed E-state index contributed by atoms with van der Waals surface area (Å²) < 4.78 is 5.50. The molecule has 23 heavy (non-hydrogen) atoms. The Bertz CT molecular complexity index is 510. The summed E-state index contributed by atoms with van der Waals surface area (Å²) in [6.45, 7) is 6.59. The van der Waals surface area contributed by atoms with E-state index in [1.165, 1.54) is 12.8 Å². The highest BCUT2D eigenvalue weighted by atomic mass is 32.2. The number of carbonyl (C=O) groups is 1. The van der Waals surface area contributed by atoms with Crippen molar-refractivity contribution in [2.24, 2.45) is 0 Å². The van der Waals surface area contributed by atoms with E-state index >= 15 is 0 Å². The van der Waals surface area contributed by atoms with Crippen molar-refractivity contribution in [2.75, 3.05) is 32.5 Å². The van der Waals surface area contributed by atoms with Gasteiger partial charge in [0.15, 0.2) is 0 Å². The zero-order valence-corrected chi connectivity index (χ0v) is 15.2. The normalized spacial score (nSPS) is 19.4. The first-order valence-electron chi connectivity index (χ1n) is 8.44. The van der Waals surface area contributed by atoms with Gasteiger partial charge >= 0.3 is 0 Å². The van der Waals surface area contributed by atoms with E-state index in [2.05, 4.69) is 18.3 Å². The van der Waals surface area contributed by atoms with E-state index in [1.807, 2.05) is 30.0 Å². The van der Waals surface area contributed by atoms with Crippen molar-refractivity contribution in [3.63, 3.8) is 0 Å². The van der Waals surface area contributed by atoms with E-state index in [0.717, 1.165) is 36.7 Å². The fourth-order valence-corrected chi connectivity index (χ4v) is 3.98. The van der Waals surface area contributed by atoms with Crippen molar-refractivity contribution >= 4 is 17.7 Å². The lowest BCUT2D eigenvalue weighted by Crippen LogP contribution is -2.50. The molecule has 0 bridgehead atoms. The molecule has 1 aliphatic rings. The Kier molecular flexibility index (Phi) is 7.24. The number of piperazine rings is 1. The summed E-state index contributed by atoms with van der Waals surface area (Å²) in [7, 11) is 1.68. The first kappa shape index (κ1) is 18.1. The fourth-order valence-electron chi connectivity index (χ4n) is 2.90. The van der Waals surface area contributed by atoms with Gasteiger partial charge in [-0.2, -0.15) is 0 Å². The van der Waals surface area contributed by atoms with Crippen molar-refractivity contribution in [2.45, 2.75) is 38.0 Å². The summed E-state index contributed by atoms with van der Waals surface area (Å²) in [4.78, 5) is 14.9. The molecule has 1 N–H and O–H groups in total. The maximum absolute atomic E-state index is 12.9. The molecule has 0 aliphatic carbocycles. The molecule has 0 spiro atoms. The van der Waals surface area contributed by atoms with E-state index in [9.17, 15) is 4.79 Å². The number of carbonyl (C=O) groups excluding carboxylic acids is 1. The number of benzene rings is 1. The predicted molar refractivity (Wildman–Crippen MR) is 97.1 cm³/mol. The minimum absolute atomic E-state index is 0.0110. The third kappa shape index (κ3) is 4.64. The molecule has 0 aromatic heterocycles. The number of ether oxygens (including phenoxy) is 1. The first-order chi connectivity index (χ1) is 11.2. The Morgan fingerprint density at radius 2 is 2.26 bits per heavy atom. The molecule has 0 saturated carbocycles. The predicted octanol–water partition coefficient (Wildman–Crippen LogP) is 3.09. The van der Waals surface area contributed by atoms with Gasteiger partial charge in [0.05, 0.1) is 18.4 Å². The van der Waals surface area contributed by atoms with Gasteiger partial charge in [0.2, 0.25) is 5.91 Å². The van der Waals surface area contributed by atoms with E-state index in [1.54, 1.807) is 18.9 Å². The summed E-state index contributed by atoms with van der Waals surface area (Å²) in [5.41, 5.74) is 1.08. The molecule has 1 aromatic carbocycles. The summed E-state index contributed by atoms with van der Waals surface area (Å²) in [5.74, 6) is 2.14. The quantitative estimate of drug-likeness (QED) is 0.777. The second kappa shape index (κ2) is 9.18. The highest BCUT2D eigenvalue weighted by Crippen LogP contribution is 2.31. The first-order valence-corrected chi connectivity index (χ1v) is 9.49. The van der Waals surface area contributed by atoms with Gasteiger partial charge in [-0.25, -0.2) is 0 Å². The Balaban J connectivity index is 2.13. The zero-order chi connectivity index (χ0) is 16.7. The van der Waals surface area contributed by atoms with Gasteiger partial charge in [0, 0.05) is 25.2 Å². The van der Waals surface area contributed by atoms with Crippen LogP contribution in [0.2, 0.25) is 0 Å². The smallest absolute Gasteiger partial charge is 0.236 e. The molecule has 1 heterocycles. The van der Waals surface area contributed by atoms with Crippen LogP contribution >= 0.6 is 11.8 Å². The van der Waals surface area contributed by atoms with Crippen LogP contribution in [0.25, 0.3) is 0 Å². The van der Waals surface area contributed by atoms with E-state index in [-0.39, 0.29) is 17.2 Å². The highest BCUT2D eigenvalue weighted by molar-refractivity contribution is 8.00. The summed E-state index contributed by atoms with van der Waals surface area (Å²) >= 11 is 1.77. The minimum atomic E-state index is 0.0110. The summed E-state index contributed by atoms with van der Waals surface area (Å²) in [6, 6.07) is 8.04. The SMILES string of the molecule is CCCCSC(C)C(=O)N1CCNCC1c1ccccc1OC. The van der Waals surface area contributed by atoms with Crippen LogP contribution in [-0.2, 0) is 4.79 Å². The molecule has 1 amide bonds. The monoisotopic (exact) mass is 336 g/mol. The van der Waals surface area contributed by atoms with Gasteiger partial charge in [-0.3, -0.25) is 4.79 Å². The Hall–Kier alpha value is -1.20. The molecule has 1 aliphatic heterocycles. The van der Waals surface area contributed by atoms with Crippen molar-refractivity contribution in [3.05, 3.63) is 29.8 Å². The highest BCUT2D eigenvalue weighted by Gasteiger charge is 2.32. The lowest BCUT2D eigenvalue weighted by atomic mass is 10.0. The number of amides is 1. The van der Waals surface area contributed by atoms with Crippen molar-refractivity contribution in [3.8, 4) is 5.75 Å². The zero-order valence-electron chi connectivity index (χ0n) is 14.4. The van der Waals surface area contributed by atoms with Gasteiger partial charge in [0.25, 0.3) is 0 Å². The third-order valence-electron chi connectivity index (χ3n) is 4.24. The number of thioether (sulfide) groups is 1. The lowest BCUT2D eigenvalue weighted by molar-refractivity contribution is -0.133. The molecule has 2 rings (SSSR count). The molecule has 0 radical (unpaired) electrons. The van der Waals surface area contributed by atoms with Gasteiger partial charge in [0.1, 0.15) is 5.75 Å². The molecule has 2 unspecified atom stereocenters. The molecule has 1 saturated heterocycles. The van der Waals surface area contributed by atoms with Gasteiger partial charge in [-0.15, -0.1) is 11.8 Å². The molecule has 1 aromatic rings. The second-order valence-electron chi connectivity index (χ2n) is 5.86. The second-order valence-corrected chi connectivity index (χ2v) is 7.31. The Labute approximate surface area is 144 Å². The van der Waals surface area contributed by atoms with Crippen LogP contribution in [-0.4, -0.2) is 48.6 Å². The van der Waals surface area contributed by atoms with Gasteiger partial charge in [-0.05, 0) is 25.2 Å². The van der Waals surface area contributed by atoms with Crippen LogP contribution in [0.4, 0.5) is 0 Å². The van der Waals surface area contributed by atoms with Crippen molar-refractivity contribution in [1.29, 1.82) is 0 Å². The summed E-state index contributed by atoms with van der Waals surface area (Å²) in [6.07, 6.45) is 2.34. The largest absolute Gasteiger partial charge is 0.496 e. The van der Waals surface area contributed by atoms with E-state index in [0.29, 0.717) is 0 Å². The molecular weight excluding hydrogens is 308 g/mol. The van der Waals surface area contributed by atoms with Crippen LogP contribution in [0.1, 0.15) is 38.3 Å². The van der Waals surface area contributed by atoms with Crippen LogP contribution in [0.5, 0.6) is 5.75 Å². The number of unbranched alkanes of at least 4 members (excludes halogenated alkanes) is 1. The number of hydrogen-bond donors (Lipinski definition) is 1. The third-order valence-corrected chi connectivity index (χ3v) is 5.46. The van der Waals surface area contributed by atoms with E-state index < -0.39 is 0 Å². The number of nitrogens with zero attached hydrogens (tertiary/aromatic N) is 1. The number of rotatable bonds is 7. The van der Waals surface area contributed by atoms with Crippen molar-refractivity contribution < 1.29 is 9.53 Å². The fraction of sp³-hybridized carbons (Fsp3) is 0.611. The number of methoxy groups -OCH3 is 1. The molecule has 5 heteroatoms. The molecule has 1 fully saturated rings.